The van der Waals surface area contributed by atoms with Crippen molar-refractivity contribution in [2.45, 2.75) is 31.0 Å². The van der Waals surface area contributed by atoms with Crippen molar-refractivity contribution in [3.63, 3.8) is 0 Å². The predicted molar refractivity (Wildman–Crippen MR) is 28.7 cm³/mol. The molecule has 0 aromatic carbocycles. The van der Waals surface area contributed by atoms with Crippen LogP contribution in [0.2, 0.25) is 0 Å². The highest BCUT2D eigenvalue weighted by atomic mass is 19.4. The lowest BCUT2D eigenvalue weighted by Gasteiger charge is -2.34. The van der Waals surface area contributed by atoms with Gasteiger partial charge in [0, 0.05) is 0 Å². The molecule has 1 unspecified atom stereocenters. The first kappa shape index (κ1) is 12.5. The molecule has 2 N–H and O–H groups in total. The molecule has 0 aliphatic heterocycles. The van der Waals surface area contributed by atoms with E-state index in [2.05, 4.69) is 0 Å². The lowest BCUT2D eigenvalue weighted by atomic mass is 9.96. The molecule has 0 aliphatic rings. The van der Waals surface area contributed by atoms with Crippen LogP contribution in [0.3, 0.4) is 0 Å². The summed E-state index contributed by atoms with van der Waals surface area (Å²) < 4.78 is 70.3. The molecule has 13 heavy (non-hydrogen) atoms. The Kier molecular flexibility index (Phi) is 2.90. The van der Waals surface area contributed by atoms with Crippen LogP contribution in [0, 0.1) is 0 Å². The molecule has 0 amide bonds. The van der Waals surface area contributed by atoms with E-state index < -0.39 is 24.1 Å². The van der Waals surface area contributed by atoms with Gasteiger partial charge in [0.25, 0.3) is 5.60 Å². The smallest absolute Gasteiger partial charge is 0.390 e. The molecule has 0 rings (SSSR count). The van der Waals surface area contributed by atoms with Gasteiger partial charge in [0.15, 0.2) is 0 Å². The summed E-state index contributed by atoms with van der Waals surface area (Å²) in [7, 11) is 0. The summed E-state index contributed by atoms with van der Waals surface area (Å²) in [6, 6.07) is 0. The third kappa shape index (κ3) is 1.88. The van der Waals surface area contributed by atoms with Crippen molar-refractivity contribution in [1.29, 1.82) is 0 Å². The highest BCUT2D eigenvalue weighted by Crippen LogP contribution is 2.44. The molecule has 0 saturated heterocycles. The minimum absolute atomic E-state index is 0.209. The van der Waals surface area contributed by atoms with E-state index in [1.807, 2.05) is 0 Å². The Balaban J connectivity index is 5.22. The van der Waals surface area contributed by atoms with Crippen molar-refractivity contribution in [3.05, 3.63) is 0 Å². The fraction of sp³-hybridized carbons (Fsp3) is 1.00. The van der Waals surface area contributed by atoms with Gasteiger partial charge >= 0.3 is 12.4 Å². The van der Waals surface area contributed by atoms with Gasteiger partial charge in [-0.1, -0.05) is 0 Å². The highest BCUT2D eigenvalue weighted by molar-refractivity contribution is 4.97. The molecule has 0 aromatic rings. The van der Waals surface area contributed by atoms with Gasteiger partial charge < -0.3 is 10.2 Å². The Hall–Kier alpha value is -0.500. The SMILES string of the molecule is CC(O)C(O)(C(F)(F)F)C(F)(F)F. The Morgan fingerprint density at radius 1 is 0.923 bits per heavy atom. The number of aliphatic hydroxyl groups is 2. The van der Waals surface area contributed by atoms with Crippen molar-refractivity contribution < 1.29 is 36.6 Å². The first-order valence-electron chi connectivity index (χ1n) is 2.98. The minimum Gasteiger partial charge on any atom is -0.390 e. The summed E-state index contributed by atoms with van der Waals surface area (Å²) in [5.74, 6) is 0. The quantitative estimate of drug-likeness (QED) is 0.641. The number of hydrogen-bond acceptors (Lipinski definition) is 2. The van der Waals surface area contributed by atoms with Crippen molar-refractivity contribution in [3.8, 4) is 0 Å². The fourth-order valence-corrected chi connectivity index (χ4v) is 0.634. The van der Waals surface area contributed by atoms with Gasteiger partial charge in [0.2, 0.25) is 0 Å². The van der Waals surface area contributed by atoms with Crippen LogP contribution in [0.4, 0.5) is 26.3 Å². The van der Waals surface area contributed by atoms with E-state index in [1.165, 1.54) is 0 Å². The van der Waals surface area contributed by atoms with Crippen molar-refractivity contribution in [2.75, 3.05) is 0 Å². The van der Waals surface area contributed by atoms with Crippen LogP contribution in [0.5, 0.6) is 0 Å². The number of alkyl halides is 6. The fourth-order valence-electron chi connectivity index (χ4n) is 0.634. The molecule has 1 atom stereocenters. The molecule has 0 saturated carbocycles. The molecule has 0 radical (unpaired) electrons. The van der Waals surface area contributed by atoms with Gasteiger partial charge in [-0.25, -0.2) is 0 Å². The summed E-state index contributed by atoms with van der Waals surface area (Å²) in [4.78, 5) is 0. The van der Waals surface area contributed by atoms with Crippen LogP contribution < -0.4 is 0 Å². The van der Waals surface area contributed by atoms with Gasteiger partial charge in [0.1, 0.15) is 0 Å². The lowest BCUT2D eigenvalue weighted by Crippen LogP contribution is -2.63. The average Bonchev–Trinajstić information content (AvgIpc) is 1.80. The third-order valence-electron chi connectivity index (χ3n) is 1.47. The zero-order chi connectivity index (χ0) is 11.1. The number of aliphatic hydroxyl groups excluding tert-OH is 1. The van der Waals surface area contributed by atoms with E-state index in [4.69, 9.17) is 10.2 Å². The topological polar surface area (TPSA) is 40.5 Å². The maximum Gasteiger partial charge on any atom is 0.428 e. The van der Waals surface area contributed by atoms with E-state index in [-0.39, 0.29) is 6.92 Å². The van der Waals surface area contributed by atoms with Crippen LogP contribution in [0.25, 0.3) is 0 Å². The van der Waals surface area contributed by atoms with Crippen molar-refractivity contribution in [2.24, 2.45) is 0 Å². The molecule has 8 heteroatoms. The molecule has 0 spiro atoms. The van der Waals surface area contributed by atoms with Gasteiger partial charge in [0.05, 0.1) is 6.10 Å². The molecular weight excluding hydrogens is 206 g/mol. The van der Waals surface area contributed by atoms with Crippen LogP contribution in [0.1, 0.15) is 6.92 Å². The molecule has 2 nitrogen and oxygen atoms in total. The highest BCUT2D eigenvalue weighted by Gasteiger charge is 2.73. The molecule has 0 fully saturated rings. The van der Waals surface area contributed by atoms with Crippen molar-refractivity contribution in [1.82, 2.24) is 0 Å². The third-order valence-corrected chi connectivity index (χ3v) is 1.47. The Bertz CT molecular complexity index is 166. The Labute approximate surface area is 68.8 Å². The standard InChI is InChI=1S/C5H6F6O2/c1-2(12)3(13,4(6,7)8)5(9,10)11/h2,12-13H,1H3. The van der Waals surface area contributed by atoms with Crippen molar-refractivity contribution >= 4 is 0 Å². The summed E-state index contributed by atoms with van der Waals surface area (Å²) in [5.41, 5.74) is -5.07. The second-order valence-electron chi connectivity index (χ2n) is 2.44. The normalized spacial score (nSPS) is 17.3. The first-order valence-corrected chi connectivity index (χ1v) is 2.98. The Morgan fingerprint density at radius 2 is 1.15 bits per heavy atom. The monoisotopic (exact) mass is 212 g/mol. The van der Waals surface area contributed by atoms with Gasteiger partial charge in [-0.3, -0.25) is 0 Å². The van der Waals surface area contributed by atoms with Crippen LogP contribution in [-0.4, -0.2) is 34.3 Å². The van der Waals surface area contributed by atoms with Crippen LogP contribution in [-0.2, 0) is 0 Å². The van der Waals surface area contributed by atoms with Gasteiger partial charge in [-0.05, 0) is 6.92 Å². The second kappa shape index (κ2) is 3.02. The van der Waals surface area contributed by atoms with E-state index in [0.717, 1.165) is 0 Å². The molecule has 80 valence electrons. The van der Waals surface area contributed by atoms with E-state index in [1.54, 1.807) is 0 Å². The number of hydrogen-bond donors (Lipinski definition) is 2. The predicted octanol–water partition coefficient (Wildman–Crippen LogP) is 1.22. The summed E-state index contributed by atoms with van der Waals surface area (Å²) in [6.07, 6.45) is -14.9. The maximum atomic E-state index is 11.7. The maximum absolute atomic E-state index is 11.7. The summed E-state index contributed by atoms with van der Waals surface area (Å²) >= 11 is 0. The van der Waals surface area contributed by atoms with E-state index in [9.17, 15) is 26.3 Å². The largest absolute Gasteiger partial charge is 0.428 e. The molecule has 0 aromatic heterocycles. The average molecular weight is 212 g/mol. The Morgan fingerprint density at radius 3 is 1.15 bits per heavy atom. The second-order valence-corrected chi connectivity index (χ2v) is 2.44. The molecule has 0 aliphatic carbocycles. The molecule has 0 heterocycles. The summed E-state index contributed by atoms with van der Waals surface area (Å²) in [5, 5.41) is 16.5. The first-order chi connectivity index (χ1) is 5.44. The van der Waals surface area contributed by atoms with Gasteiger partial charge in [-0.2, -0.15) is 26.3 Å². The zero-order valence-electron chi connectivity index (χ0n) is 6.24. The molecule has 0 bridgehead atoms. The zero-order valence-corrected chi connectivity index (χ0v) is 6.24. The van der Waals surface area contributed by atoms with Crippen LogP contribution in [0.15, 0.2) is 0 Å². The lowest BCUT2D eigenvalue weighted by molar-refractivity contribution is -0.389. The number of halogens is 6. The van der Waals surface area contributed by atoms with Gasteiger partial charge in [-0.15, -0.1) is 0 Å². The molecular formula is C5H6F6O2. The minimum atomic E-state index is -5.96. The number of rotatable bonds is 1. The van der Waals surface area contributed by atoms with E-state index in [0.29, 0.717) is 0 Å². The van der Waals surface area contributed by atoms with E-state index >= 15 is 0 Å². The summed E-state index contributed by atoms with van der Waals surface area (Å²) in [6.45, 7) is 0.209. The van der Waals surface area contributed by atoms with Crippen LogP contribution >= 0.6 is 0 Å².